The van der Waals surface area contributed by atoms with E-state index in [2.05, 4.69) is 51.1 Å². The molecule has 1 aliphatic heterocycles. The molecule has 0 unspecified atom stereocenters. The van der Waals surface area contributed by atoms with E-state index in [0.717, 1.165) is 40.8 Å². The molecule has 31 heavy (non-hydrogen) atoms. The molecule has 1 fully saturated rings. The van der Waals surface area contributed by atoms with Crippen molar-refractivity contribution in [1.29, 1.82) is 0 Å². The van der Waals surface area contributed by atoms with Crippen LogP contribution in [0.3, 0.4) is 0 Å². The molecular weight excluding hydrogens is 454 g/mol. The predicted molar refractivity (Wildman–Crippen MR) is 126 cm³/mol. The summed E-state index contributed by atoms with van der Waals surface area (Å²) in [6.07, 6.45) is 0. The molecule has 1 aromatic carbocycles. The minimum atomic E-state index is -0.0365. The van der Waals surface area contributed by atoms with Gasteiger partial charge in [-0.2, -0.15) is 4.98 Å². The first-order valence-electron chi connectivity index (χ1n) is 10.1. The number of nitrogens with zero attached hydrogens (tertiary/aromatic N) is 6. The van der Waals surface area contributed by atoms with E-state index in [1.807, 2.05) is 28.9 Å². The first kappa shape index (κ1) is 22.3. The largest absolute Gasteiger partial charge is 0.356 e. The van der Waals surface area contributed by atoms with Gasteiger partial charge in [-0.05, 0) is 57.3 Å². The number of benzene rings is 1. The van der Waals surface area contributed by atoms with Crippen LogP contribution in [0.15, 0.2) is 28.8 Å². The zero-order valence-corrected chi connectivity index (χ0v) is 20.2. The van der Waals surface area contributed by atoms with Gasteiger partial charge in [0.05, 0.1) is 13.2 Å². The Morgan fingerprint density at radius 2 is 1.81 bits per heavy atom. The van der Waals surface area contributed by atoms with Gasteiger partial charge in [-0.1, -0.05) is 28.1 Å². The fourth-order valence-electron chi connectivity index (χ4n) is 3.27. The SMILES string of the molecule is CC(C)(C)Nc1nn(CN2CCN(Cc3nc(-c4ccc(Cl)cc4)no3)CC2)c(=S)s1. The minimum Gasteiger partial charge on any atom is -0.356 e. The van der Waals surface area contributed by atoms with Crippen molar-refractivity contribution in [3.63, 3.8) is 0 Å². The van der Waals surface area contributed by atoms with E-state index in [0.29, 0.717) is 30.0 Å². The van der Waals surface area contributed by atoms with Crippen LogP contribution in [0.25, 0.3) is 11.4 Å². The zero-order valence-electron chi connectivity index (χ0n) is 17.8. The molecule has 0 radical (unpaired) electrons. The number of anilines is 1. The summed E-state index contributed by atoms with van der Waals surface area (Å²) >= 11 is 13.0. The molecule has 0 amide bonds. The van der Waals surface area contributed by atoms with Crippen LogP contribution >= 0.6 is 35.2 Å². The third-order valence-corrected chi connectivity index (χ3v) is 6.29. The monoisotopic (exact) mass is 479 g/mol. The molecule has 0 saturated carbocycles. The Morgan fingerprint density at radius 1 is 1.13 bits per heavy atom. The lowest BCUT2D eigenvalue weighted by molar-refractivity contribution is 0.0912. The van der Waals surface area contributed by atoms with E-state index in [9.17, 15) is 0 Å². The van der Waals surface area contributed by atoms with Crippen LogP contribution in [-0.4, -0.2) is 61.4 Å². The van der Waals surface area contributed by atoms with Gasteiger partial charge < -0.3 is 9.84 Å². The lowest BCUT2D eigenvalue weighted by Gasteiger charge is -2.33. The molecule has 0 atom stereocenters. The van der Waals surface area contributed by atoms with Gasteiger partial charge in [-0.15, -0.1) is 5.10 Å². The molecule has 8 nitrogen and oxygen atoms in total. The number of halogens is 1. The average molecular weight is 480 g/mol. The number of nitrogens with one attached hydrogen (secondary N) is 1. The van der Waals surface area contributed by atoms with Crippen LogP contribution in [0, 0.1) is 3.95 Å². The molecule has 166 valence electrons. The van der Waals surface area contributed by atoms with Crippen molar-refractivity contribution >= 4 is 40.3 Å². The van der Waals surface area contributed by atoms with Gasteiger partial charge in [0, 0.05) is 42.3 Å². The van der Waals surface area contributed by atoms with Gasteiger partial charge in [0.1, 0.15) is 0 Å². The molecule has 0 bridgehead atoms. The Morgan fingerprint density at radius 3 is 2.48 bits per heavy atom. The number of hydrogen-bond donors (Lipinski definition) is 1. The van der Waals surface area contributed by atoms with Crippen molar-refractivity contribution in [1.82, 2.24) is 29.7 Å². The highest BCUT2D eigenvalue weighted by Gasteiger charge is 2.21. The van der Waals surface area contributed by atoms with Crippen molar-refractivity contribution in [3.8, 4) is 11.4 Å². The standard InChI is InChI=1S/C20H26ClN7OS2/c1-20(2,3)23-18-24-28(19(30)31-18)13-27-10-8-26(9-11-27)12-16-22-17(25-29-16)14-4-6-15(21)7-5-14/h4-7H,8-13H2,1-3H3,(H,23,24). The minimum absolute atomic E-state index is 0.0365. The van der Waals surface area contributed by atoms with Crippen molar-refractivity contribution in [2.75, 3.05) is 31.5 Å². The Kier molecular flexibility index (Phi) is 6.73. The van der Waals surface area contributed by atoms with Gasteiger partial charge in [0.2, 0.25) is 16.8 Å². The second-order valence-corrected chi connectivity index (χ2v) is 10.7. The van der Waals surface area contributed by atoms with E-state index in [4.69, 9.17) is 28.3 Å². The Balaban J connectivity index is 1.29. The van der Waals surface area contributed by atoms with E-state index in [1.165, 1.54) is 11.3 Å². The summed E-state index contributed by atoms with van der Waals surface area (Å²) in [7, 11) is 0. The van der Waals surface area contributed by atoms with E-state index in [-0.39, 0.29) is 5.54 Å². The number of aromatic nitrogens is 4. The van der Waals surface area contributed by atoms with Crippen molar-refractivity contribution in [2.24, 2.45) is 0 Å². The molecule has 0 spiro atoms. The van der Waals surface area contributed by atoms with Crippen molar-refractivity contribution in [2.45, 2.75) is 39.5 Å². The van der Waals surface area contributed by atoms with Gasteiger partial charge in [-0.25, -0.2) is 4.68 Å². The summed E-state index contributed by atoms with van der Waals surface area (Å²) in [5.41, 5.74) is 0.857. The summed E-state index contributed by atoms with van der Waals surface area (Å²) in [4.78, 5) is 9.21. The molecule has 11 heteroatoms. The van der Waals surface area contributed by atoms with E-state index >= 15 is 0 Å². The maximum atomic E-state index is 5.94. The second kappa shape index (κ2) is 9.33. The highest BCUT2D eigenvalue weighted by molar-refractivity contribution is 7.73. The van der Waals surface area contributed by atoms with Crippen LogP contribution in [0.1, 0.15) is 26.7 Å². The Bertz CT molecular complexity index is 1060. The molecule has 4 rings (SSSR count). The van der Waals surface area contributed by atoms with Crippen LogP contribution in [0.5, 0.6) is 0 Å². The van der Waals surface area contributed by atoms with Crippen molar-refractivity contribution in [3.05, 3.63) is 39.1 Å². The van der Waals surface area contributed by atoms with Gasteiger partial charge >= 0.3 is 0 Å². The molecule has 1 N–H and O–H groups in total. The van der Waals surface area contributed by atoms with Gasteiger partial charge in [0.15, 0.2) is 3.95 Å². The van der Waals surface area contributed by atoms with Crippen LogP contribution in [0.4, 0.5) is 5.13 Å². The molecule has 1 saturated heterocycles. The number of rotatable bonds is 6. The lowest BCUT2D eigenvalue weighted by Crippen LogP contribution is -2.46. The summed E-state index contributed by atoms with van der Waals surface area (Å²) in [6.45, 7) is 11.4. The molecule has 3 aromatic rings. The Hall–Kier alpha value is -1.85. The van der Waals surface area contributed by atoms with E-state index < -0.39 is 0 Å². The summed E-state index contributed by atoms with van der Waals surface area (Å²) in [6, 6.07) is 7.43. The molecule has 0 aliphatic carbocycles. The normalized spacial score (nSPS) is 16.0. The van der Waals surface area contributed by atoms with Crippen molar-refractivity contribution < 1.29 is 4.52 Å². The highest BCUT2D eigenvalue weighted by atomic mass is 35.5. The fraction of sp³-hybridized carbons (Fsp3) is 0.500. The summed E-state index contributed by atoms with van der Waals surface area (Å²) in [5, 5.41) is 13.7. The van der Waals surface area contributed by atoms with Crippen LogP contribution < -0.4 is 5.32 Å². The molecule has 3 heterocycles. The maximum Gasteiger partial charge on any atom is 0.241 e. The third-order valence-electron chi connectivity index (χ3n) is 4.82. The first-order valence-corrected chi connectivity index (χ1v) is 11.7. The first-order chi connectivity index (χ1) is 14.7. The zero-order chi connectivity index (χ0) is 22.0. The summed E-state index contributed by atoms with van der Waals surface area (Å²) < 4.78 is 8.14. The molecule has 1 aliphatic rings. The predicted octanol–water partition coefficient (Wildman–Crippen LogP) is 4.36. The average Bonchev–Trinajstić information content (AvgIpc) is 3.29. The van der Waals surface area contributed by atoms with E-state index in [1.54, 1.807) is 0 Å². The number of hydrogen-bond acceptors (Lipinski definition) is 9. The fourth-order valence-corrected chi connectivity index (χ4v) is 4.60. The quantitative estimate of drug-likeness (QED) is 0.522. The molecule has 2 aromatic heterocycles. The Labute approximate surface area is 195 Å². The van der Waals surface area contributed by atoms with Crippen LogP contribution in [-0.2, 0) is 13.2 Å². The smallest absolute Gasteiger partial charge is 0.241 e. The highest BCUT2D eigenvalue weighted by Crippen LogP contribution is 2.21. The van der Waals surface area contributed by atoms with Gasteiger partial charge in [0.25, 0.3) is 0 Å². The number of piperazine rings is 1. The van der Waals surface area contributed by atoms with Crippen LogP contribution in [0.2, 0.25) is 5.02 Å². The summed E-state index contributed by atoms with van der Waals surface area (Å²) in [5.74, 6) is 1.21. The third kappa shape index (κ3) is 6.11. The topological polar surface area (TPSA) is 75.2 Å². The lowest BCUT2D eigenvalue weighted by atomic mass is 10.1. The molecular formula is C20H26ClN7OS2. The second-order valence-electron chi connectivity index (χ2n) is 8.60. The maximum absolute atomic E-state index is 5.94. The van der Waals surface area contributed by atoms with Gasteiger partial charge in [-0.3, -0.25) is 9.80 Å².